The predicted molar refractivity (Wildman–Crippen MR) is 86.3 cm³/mol. The molecular formula is C17H17ClFNO2. The molecule has 0 aromatic heterocycles. The predicted octanol–water partition coefficient (Wildman–Crippen LogP) is 4.10. The van der Waals surface area contributed by atoms with E-state index in [0.717, 1.165) is 0 Å². The van der Waals surface area contributed by atoms with E-state index in [1.54, 1.807) is 43.3 Å². The lowest BCUT2D eigenvalue weighted by atomic mass is 10.0. The lowest BCUT2D eigenvalue weighted by molar-refractivity contribution is -0.122. The van der Waals surface area contributed by atoms with E-state index < -0.39 is 23.7 Å². The molecule has 0 spiro atoms. The standard InChI is InChI=1S/C17H17ClFNO2/c1-10(11(2)21)17(22)20-15-9-5-7-13(16(15)19)12-6-3-4-8-14(12)18/h3-11,21H,1-2H3,(H,20,22)/t10-,11+/m0/s1. The molecule has 2 aromatic carbocycles. The number of nitrogens with one attached hydrogen (secondary N) is 1. The zero-order valence-electron chi connectivity index (χ0n) is 12.3. The number of aliphatic hydroxyl groups is 1. The van der Waals surface area contributed by atoms with Crippen LogP contribution in [-0.2, 0) is 4.79 Å². The Morgan fingerprint density at radius 1 is 1.14 bits per heavy atom. The van der Waals surface area contributed by atoms with E-state index in [0.29, 0.717) is 16.1 Å². The molecule has 1 amide bonds. The van der Waals surface area contributed by atoms with Crippen LogP contribution in [0, 0.1) is 11.7 Å². The fraction of sp³-hybridized carbons (Fsp3) is 0.235. The van der Waals surface area contributed by atoms with Crippen molar-refractivity contribution in [3.63, 3.8) is 0 Å². The lowest BCUT2D eigenvalue weighted by Crippen LogP contribution is -2.28. The molecule has 2 aromatic rings. The van der Waals surface area contributed by atoms with Gasteiger partial charge in [-0.05, 0) is 19.1 Å². The van der Waals surface area contributed by atoms with Gasteiger partial charge < -0.3 is 10.4 Å². The first kappa shape index (κ1) is 16.5. The third-order valence-electron chi connectivity index (χ3n) is 3.56. The molecule has 2 N–H and O–H groups in total. The number of hydrogen-bond donors (Lipinski definition) is 2. The van der Waals surface area contributed by atoms with E-state index in [-0.39, 0.29) is 5.69 Å². The first-order valence-corrected chi connectivity index (χ1v) is 7.32. The summed E-state index contributed by atoms with van der Waals surface area (Å²) >= 11 is 6.09. The molecule has 0 fully saturated rings. The van der Waals surface area contributed by atoms with Gasteiger partial charge in [-0.3, -0.25) is 4.79 Å². The maximum atomic E-state index is 14.6. The molecule has 0 aliphatic carbocycles. The largest absolute Gasteiger partial charge is 0.393 e. The molecule has 0 bridgehead atoms. The van der Waals surface area contributed by atoms with E-state index in [9.17, 15) is 14.3 Å². The van der Waals surface area contributed by atoms with E-state index in [1.807, 2.05) is 0 Å². The summed E-state index contributed by atoms with van der Waals surface area (Å²) in [5.41, 5.74) is 0.935. The van der Waals surface area contributed by atoms with Gasteiger partial charge in [-0.1, -0.05) is 48.9 Å². The van der Waals surface area contributed by atoms with Crippen LogP contribution < -0.4 is 5.32 Å². The van der Waals surface area contributed by atoms with Gasteiger partial charge in [0.15, 0.2) is 5.82 Å². The number of carbonyl (C=O) groups excluding carboxylic acids is 1. The quantitative estimate of drug-likeness (QED) is 0.890. The first-order valence-electron chi connectivity index (χ1n) is 6.94. The average Bonchev–Trinajstić information content (AvgIpc) is 2.49. The third-order valence-corrected chi connectivity index (χ3v) is 3.89. The average molecular weight is 322 g/mol. The number of hydrogen-bond acceptors (Lipinski definition) is 2. The van der Waals surface area contributed by atoms with Crippen molar-refractivity contribution in [1.82, 2.24) is 0 Å². The summed E-state index contributed by atoms with van der Waals surface area (Å²) in [6.07, 6.45) is -0.810. The van der Waals surface area contributed by atoms with Gasteiger partial charge in [0.25, 0.3) is 0 Å². The number of amides is 1. The summed E-state index contributed by atoms with van der Waals surface area (Å²) in [4.78, 5) is 12.0. The van der Waals surface area contributed by atoms with Crippen molar-refractivity contribution < 1.29 is 14.3 Å². The minimum Gasteiger partial charge on any atom is -0.393 e. The Hall–Kier alpha value is -1.91. The summed E-state index contributed by atoms with van der Waals surface area (Å²) in [6, 6.07) is 11.6. The Balaban J connectivity index is 2.35. The van der Waals surface area contributed by atoms with Crippen LogP contribution in [0.1, 0.15) is 13.8 Å². The van der Waals surface area contributed by atoms with Crippen LogP contribution in [-0.4, -0.2) is 17.1 Å². The molecule has 2 atom stereocenters. The molecule has 3 nitrogen and oxygen atoms in total. The molecule has 0 radical (unpaired) electrons. The van der Waals surface area contributed by atoms with Crippen molar-refractivity contribution in [2.45, 2.75) is 20.0 Å². The molecule has 0 unspecified atom stereocenters. The Labute approximate surface area is 133 Å². The van der Waals surface area contributed by atoms with Crippen LogP contribution in [0.2, 0.25) is 5.02 Å². The lowest BCUT2D eigenvalue weighted by Gasteiger charge is -2.16. The molecule has 5 heteroatoms. The second kappa shape index (κ2) is 6.90. The van der Waals surface area contributed by atoms with E-state index in [4.69, 9.17) is 11.6 Å². The molecule has 116 valence electrons. The van der Waals surface area contributed by atoms with Gasteiger partial charge in [-0.15, -0.1) is 0 Å². The zero-order valence-corrected chi connectivity index (χ0v) is 13.1. The van der Waals surface area contributed by atoms with Crippen molar-refractivity contribution in [2.24, 2.45) is 5.92 Å². The van der Waals surface area contributed by atoms with Crippen molar-refractivity contribution in [1.29, 1.82) is 0 Å². The van der Waals surface area contributed by atoms with Crippen molar-refractivity contribution in [2.75, 3.05) is 5.32 Å². The van der Waals surface area contributed by atoms with Gasteiger partial charge in [-0.25, -0.2) is 4.39 Å². The van der Waals surface area contributed by atoms with E-state index in [1.165, 1.54) is 13.0 Å². The highest BCUT2D eigenvalue weighted by Gasteiger charge is 2.20. The van der Waals surface area contributed by atoms with Crippen molar-refractivity contribution in [3.05, 3.63) is 53.3 Å². The maximum absolute atomic E-state index is 14.6. The highest BCUT2D eigenvalue weighted by Crippen LogP contribution is 2.32. The molecule has 0 heterocycles. The number of aliphatic hydroxyl groups excluding tert-OH is 1. The van der Waals surface area contributed by atoms with Gasteiger partial charge in [0, 0.05) is 16.1 Å². The zero-order chi connectivity index (χ0) is 16.3. The van der Waals surface area contributed by atoms with Crippen LogP contribution in [0.4, 0.5) is 10.1 Å². The molecule has 0 saturated heterocycles. The Bertz CT molecular complexity index is 688. The normalized spacial score (nSPS) is 13.5. The van der Waals surface area contributed by atoms with Crippen LogP contribution in [0.5, 0.6) is 0 Å². The van der Waals surface area contributed by atoms with Gasteiger partial charge >= 0.3 is 0 Å². The van der Waals surface area contributed by atoms with Crippen LogP contribution in [0.15, 0.2) is 42.5 Å². The van der Waals surface area contributed by atoms with Crippen LogP contribution in [0.3, 0.4) is 0 Å². The molecule has 22 heavy (non-hydrogen) atoms. The van der Waals surface area contributed by atoms with Crippen LogP contribution >= 0.6 is 11.6 Å². The van der Waals surface area contributed by atoms with Crippen LogP contribution in [0.25, 0.3) is 11.1 Å². The third kappa shape index (κ3) is 3.46. The van der Waals surface area contributed by atoms with Crippen molar-refractivity contribution in [3.8, 4) is 11.1 Å². The smallest absolute Gasteiger partial charge is 0.229 e. The Morgan fingerprint density at radius 2 is 1.77 bits per heavy atom. The van der Waals surface area contributed by atoms with E-state index in [2.05, 4.69) is 5.32 Å². The highest BCUT2D eigenvalue weighted by atomic mass is 35.5. The highest BCUT2D eigenvalue weighted by molar-refractivity contribution is 6.33. The molecular weight excluding hydrogens is 305 g/mol. The fourth-order valence-corrected chi connectivity index (χ4v) is 2.22. The first-order chi connectivity index (χ1) is 10.4. The Morgan fingerprint density at radius 3 is 2.41 bits per heavy atom. The number of anilines is 1. The second-order valence-corrected chi connectivity index (χ2v) is 5.57. The molecule has 0 aliphatic rings. The van der Waals surface area contributed by atoms with Gasteiger partial charge in [0.1, 0.15) is 0 Å². The number of rotatable bonds is 4. The summed E-state index contributed by atoms with van der Waals surface area (Å²) in [7, 11) is 0. The molecule has 2 rings (SSSR count). The molecule has 0 saturated carbocycles. The molecule has 0 aliphatic heterocycles. The summed E-state index contributed by atoms with van der Waals surface area (Å²) in [5.74, 6) is -1.63. The second-order valence-electron chi connectivity index (χ2n) is 5.17. The van der Waals surface area contributed by atoms with Gasteiger partial charge in [0.05, 0.1) is 17.7 Å². The number of halogens is 2. The summed E-state index contributed by atoms with van der Waals surface area (Å²) < 4.78 is 14.6. The summed E-state index contributed by atoms with van der Waals surface area (Å²) in [6.45, 7) is 3.09. The van der Waals surface area contributed by atoms with Crippen molar-refractivity contribution >= 4 is 23.2 Å². The van der Waals surface area contributed by atoms with Gasteiger partial charge in [0.2, 0.25) is 5.91 Å². The monoisotopic (exact) mass is 321 g/mol. The summed E-state index contributed by atoms with van der Waals surface area (Å²) in [5, 5.41) is 12.4. The Kier molecular flexibility index (Phi) is 5.16. The topological polar surface area (TPSA) is 49.3 Å². The number of benzene rings is 2. The maximum Gasteiger partial charge on any atom is 0.229 e. The number of carbonyl (C=O) groups is 1. The minimum absolute atomic E-state index is 0.0647. The fourth-order valence-electron chi connectivity index (χ4n) is 1.98. The SMILES string of the molecule is C[C@H](C(=O)Nc1cccc(-c2ccccc2Cl)c1F)[C@@H](C)O. The van der Waals surface area contributed by atoms with Gasteiger partial charge in [-0.2, -0.15) is 0 Å². The van der Waals surface area contributed by atoms with E-state index >= 15 is 0 Å². The minimum atomic E-state index is -0.810.